The molecule has 1 fully saturated rings. The van der Waals surface area contributed by atoms with E-state index < -0.39 is 5.54 Å². The van der Waals surface area contributed by atoms with E-state index in [0.29, 0.717) is 0 Å². The Labute approximate surface area is 124 Å². The van der Waals surface area contributed by atoms with Gasteiger partial charge in [0, 0.05) is 12.1 Å². The third-order valence-corrected chi connectivity index (χ3v) is 4.10. The van der Waals surface area contributed by atoms with Gasteiger partial charge in [-0.25, -0.2) is 0 Å². The molecule has 4 heteroatoms. The number of nitrogens with two attached hydrogens (primary N) is 1. The minimum atomic E-state index is -0.566. The first-order chi connectivity index (χ1) is 9.39. The van der Waals surface area contributed by atoms with Crippen LogP contribution >= 0.6 is 0 Å². The summed E-state index contributed by atoms with van der Waals surface area (Å²) in [6.07, 6.45) is 6.99. The highest BCUT2D eigenvalue weighted by Crippen LogP contribution is 2.27. The zero-order valence-corrected chi connectivity index (χ0v) is 13.7. The summed E-state index contributed by atoms with van der Waals surface area (Å²) in [5.41, 5.74) is 4.99. The summed E-state index contributed by atoms with van der Waals surface area (Å²) in [6, 6.07) is 1.11. The molecule has 0 spiro atoms. The van der Waals surface area contributed by atoms with Gasteiger partial charge in [0.1, 0.15) is 0 Å². The molecule has 1 aliphatic carbocycles. The van der Waals surface area contributed by atoms with Crippen molar-refractivity contribution >= 4 is 5.91 Å². The van der Waals surface area contributed by atoms with Crippen molar-refractivity contribution < 1.29 is 4.79 Å². The molecule has 0 aliphatic heterocycles. The molecule has 118 valence electrons. The third-order valence-electron chi connectivity index (χ3n) is 4.10. The average Bonchev–Trinajstić information content (AvgIpc) is 3.16. The first-order valence-electron chi connectivity index (χ1n) is 8.20. The summed E-state index contributed by atoms with van der Waals surface area (Å²) in [5, 5.41) is 3.32. The summed E-state index contributed by atoms with van der Waals surface area (Å²) in [6.45, 7) is 10.7. The van der Waals surface area contributed by atoms with Gasteiger partial charge in [0.05, 0.1) is 5.54 Å². The fraction of sp³-hybridized carbons (Fsp3) is 0.938. The first-order valence-corrected chi connectivity index (χ1v) is 8.20. The molecule has 0 bridgehead atoms. The van der Waals surface area contributed by atoms with Crippen LogP contribution in [0.5, 0.6) is 0 Å². The number of unbranched alkanes of at least 4 members (excludes halogenated alkanes) is 1. The molecular weight excluding hydrogens is 250 g/mol. The third kappa shape index (κ3) is 5.80. The maximum Gasteiger partial charge on any atom is 0.237 e. The monoisotopic (exact) mass is 283 g/mol. The van der Waals surface area contributed by atoms with Gasteiger partial charge in [-0.2, -0.15) is 0 Å². The predicted molar refractivity (Wildman–Crippen MR) is 84.6 cm³/mol. The number of carbonyl (C=O) groups is 1. The van der Waals surface area contributed by atoms with Crippen molar-refractivity contribution in [3.63, 3.8) is 0 Å². The normalized spacial score (nSPS) is 18.5. The number of primary amides is 1. The predicted octanol–water partition coefficient (Wildman–Crippen LogP) is 2.27. The second-order valence-electron chi connectivity index (χ2n) is 6.72. The van der Waals surface area contributed by atoms with Gasteiger partial charge in [-0.3, -0.25) is 4.79 Å². The largest absolute Gasteiger partial charge is 0.368 e. The van der Waals surface area contributed by atoms with Crippen LogP contribution in [0.15, 0.2) is 0 Å². The van der Waals surface area contributed by atoms with Crippen molar-refractivity contribution in [1.29, 1.82) is 0 Å². The Morgan fingerprint density at radius 2 is 2.00 bits per heavy atom. The van der Waals surface area contributed by atoms with E-state index in [1.54, 1.807) is 0 Å². The smallest absolute Gasteiger partial charge is 0.237 e. The first kappa shape index (κ1) is 17.4. The number of nitrogens with one attached hydrogen (secondary N) is 1. The standard InChI is InChI=1S/C16H33N3O/c1-5-11-19(14-8-9-14)12-7-6-10-16(4,15(17)20)18-13(2)3/h13-14,18H,5-12H2,1-4H3,(H2,17,20). The minimum Gasteiger partial charge on any atom is -0.368 e. The van der Waals surface area contributed by atoms with Crippen LogP contribution in [-0.4, -0.2) is 41.5 Å². The van der Waals surface area contributed by atoms with Crippen molar-refractivity contribution in [3.05, 3.63) is 0 Å². The quantitative estimate of drug-likeness (QED) is 0.572. The maximum absolute atomic E-state index is 11.7. The Morgan fingerprint density at radius 1 is 1.35 bits per heavy atom. The lowest BCUT2D eigenvalue weighted by atomic mass is 9.93. The van der Waals surface area contributed by atoms with E-state index in [1.165, 1.54) is 25.8 Å². The molecule has 0 saturated heterocycles. The summed E-state index contributed by atoms with van der Waals surface area (Å²) in [7, 11) is 0. The number of amides is 1. The lowest BCUT2D eigenvalue weighted by molar-refractivity contribution is -0.124. The highest BCUT2D eigenvalue weighted by atomic mass is 16.1. The fourth-order valence-corrected chi connectivity index (χ4v) is 2.90. The molecule has 1 amide bonds. The van der Waals surface area contributed by atoms with Gasteiger partial charge in [0.25, 0.3) is 0 Å². The molecule has 0 aromatic heterocycles. The van der Waals surface area contributed by atoms with Crippen LogP contribution in [0.4, 0.5) is 0 Å². The topological polar surface area (TPSA) is 58.4 Å². The number of hydrogen-bond acceptors (Lipinski definition) is 3. The number of nitrogens with zero attached hydrogens (tertiary/aromatic N) is 1. The van der Waals surface area contributed by atoms with E-state index >= 15 is 0 Å². The van der Waals surface area contributed by atoms with Gasteiger partial charge in [0.15, 0.2) is 0 Å². The number of rotatable bonds is 11. The number of hydrogen-bond donors (Lipinski definition) is 2. The molecule has 3 N–H and O–H groups in total. The molecule has 0 heterocycles. The van der Waals surface area contributed by atoms with Gasteiger partial charge in [-0.15, -0.1) is 0 Å². The molecule has 0 aromatic carbocycles. The Morgan fingerprint density at radius 3 is 2.45 bits per heavy atom. The van der Waals surface area contributed by atoms with Gasteiger partial charge >= 0.3 is 0 Å². The van der Waals surface area contributed by atoms with Crippen LogP contribution in [-0.2, 0) is 4.79 Å². The van der Waals surface area contributed by atoms with Gasteiger partial charge < -0.3 is 16.0 Å². The molecule has 4 nitrogen and oxygen atoms in total. The van der Waals surface area contributed by atoms with Crippen LogP contribution < -0.4 is 11.1 Å². The van der Waals surface area contributed by atoms with Crippen molar-refractivity contribution in [2.75, 3.05) is 13.1 Å². The van der Waals surface area contributed by atoms with Crippen molar-refractivity contribution in [2.24, 2.45) is 5.73 Å². The lowest BCUT2D eigenvalue weighted by Gasteiger charge is -2.30. The van der Waals surface area contributed by atoms with Gasteiger partial charge in [-0.05, 0) is 72.4 Å². The van der Waals surface area contributed by atoms with Crippen LogP contribution in [0.25, 0.3) is 0 Å². The Kier molecular flexibility index (Phi) is 6.96. The van der Waals surface area contributed by atoms with E-state index in [0.717, 1.165) is 31.8 Å². The molecule has 1 unspecified atom stereocenters. The van der Waals surface area contributed by atoms with E-state index in [1.807, 2.05) is 6.92 Å². The van der Waals surface area contributed by atoms with Gasteiger partial charge in [-0.1, -0.05) is 6.92 Å². The Bertz CT molecular complexity index is 302. The highest BCUT2D eigenvalue weighted by molar-refractivity contribution is 5.84. The summed E-state index contributed by atoms with van der Waals surface area (Å²) in [4.78, 5) is 14.3. The molecule has 0 radical (unpaired) electrons. The minimum absolute atomic E-state index is 0.237. The van der Waals surface area contributed by atoms with E-state index in [-0.39, 0.29) is 11.9 Å². The molecule has 0 aromatic rings. The lowest BCUT2D eigenvalue weighted by Crippen LogP contribution is -2.55. The van der Waals surface area contributed by atoms with Crippen LogP contribution in [0, 0.1) is 0 Å². The molecule has 20 heavy (non-hydrogen) atoms. The summed E-state index contributed by atoms with van der Waals surface area (Å²) < 4.78 is 0. The fourth-order valence-electron chi connectivity index (χ4n) is 2.90. The second-order valence-corrected chi connectivity index (χ2v) is 6.72. The van der Waals surface area contributed by atoms with Crippen LogP contribution in [0.3, 0.4) is 0 Å². The van der Waals surface area contributed by atoms with Crippen molar-refractivity contribution in [3.8, 4) is 0 Å². The molecule has 1 atom stereocenters. The molecular formula is C16H33N3O. The van der Waals surface area contributed by atoms with E-state index in [9.17, 15) is 4.79 Å². The number of carbonyl (C=O) groups excluding carboxylic acids is 1. The highest BCUT2D eigenvalue weighted by Gasteiger charge is 2.31. The molecule has 1 saturated carbocycles. The Hall–Kier alpha value is -0.610. The average molecular weight is 283 g/mol. The molecule has 1 aliphatic rings. The second kappa shape index (κ2) is 7.99. The summed E-state index contributed by atoms with van der Waals surface area (Å²) in [5.74, 6) is -0.237. The van der Waals surface area contributed by atoms with E-state index in [2.05, 4.69) is 31.0 Å². The van der Waals surface area contributed by atoms with Gasteiger partial charge in [0.2, 0.25) is 5.91 Å². The van der Waals surface area contributed by atoms with Crippen LogP contribution in [0.2, 0.25) is 0 Å². The van der Waals surface area contributed by atoms with Crippen molar-refractivity contribution in [1.82, 2.24) is 10.2 Å². The van der Waals surface area contributed by atoms with Crippen LogP contribution in [0.1, 0.15) is 66.2 Å². The summed E-state index contributed by atoms with van der Waals surface area (Å²) >= 11 is 0. The zero-order chi connectivity index (χ0) is 15.2. The van der Waals surface area contributed by atoms with Crippen molar-refractivity contribution in [2.45, 2.75) is 83.8 Å². The SMILES string of the molecule is CCCN(CCCCC(C)(NC(C)C)C(N)=O)C1CC1. The Balaban J connectivity index is 2.31. The zero-order valence-electron chi connectivity index (χ0n) is 13.7. The molecule has 1 rings (SSSR count). The maximum atomic E-state index is 11.7. The van der Waals surface area contributed by atoms with E-state index in [4.69, 9.17) is 5.73 Å².